The van der Waals surface area contributed by atoms with Gasteiger partial charge in [-0.05, 0) is 48.7 Å². The van der Waals surface area contributed by atoms with Crippen molar-refractivity contribution >= 4 is 0 Å². The molecule has 0 spiro atoms. The summed E-state index contributed by atoms with van der Waals surface area (Å²) in [7, 11) is 0. The predicted molar refractivity (Wildman–Crippen MR) is 79.2 cm³/mol. The zero-order valence-corrected chi connectivity index (χ0v) is 11.8. The average molecular weight is 273 g/mol. The second kappa shape index (κ2) is 6.53. The normalized spacial score (nSPS) is 13.8. The lowest BCUT2D eigenvalue weighted by molar-refractivity contribution is 0.180. The lowest BCUT2D eigenvalue weighted by atomic mass is 10.0. The predicted octanol–water partition coefficient (Wildman–Crippen LogP) is 3.86. The number of hydrogen-bond donors (Lipinski definition) is 1. The molecule has 0 aliphatic rings. The van der Waals surface area contributed by atoms with Crippen LogP contribution >= 0.6 is 0 Å². The molecular weight excluding hydrogens is 253 g/mol. The van der Waals surface area contributed by atoms with Crippen molar-refractivity contribution in [2.45, 2.75) is 32.4 Å². The zero-order chi connectivity index (χ0) is 14.5. The van der Waals surface area contributed by atoms with Crippen LogP contribution in [0.5, 0.6) is 5.75 Å². The number of nitrogens with two attached hydrogens (primary N) is 1. The van der Waals surface area contributed by atoms with E-state index in [-0.39, 0.29) is 18.0 Å². The molecule has 0 aliphatic heterocycles. The molecule has 2 unspecified atom stereocenters. The number of hydrogen-bond acceptors (Lipinski definition) is 2. The first kappa shape index (κ1) is 14.5. The Bertz CT molecular complexity index is 551. The second-order valence-corrected chi connectivity index (χ2v) is 4.95. The molecule has 0 fully saturated rings. The summed E-state index contributed by atoms with van der Waals surface area (Å²) in [6.07, 6.45) is 0.624. The first-order valence-corrected chi connectivity index (χ1v) is 6.86. The van der Waals surface area contributed by atoms with E-state index in [0.717, 1.165) is 17.7 Å². The molecule has 3 heteroatoms. The highest BCUT2D eigenvalue weighted by Gasteiger charge is 2.18. The van der Waals surface area contributed by atoms with E-state index in [4.69, 9.17) is 10.5 Å². The molecule has 0 saturated heterocycles. The van der Waals surface area contributed by atoms with Gasteiger partial charge in [-0.15, -0.1) is 0 Å². The first-order chi connectivity index (χ1) is 9.60. The van der Waals surface area contributed by atoms with Crippen molar-refractivity contribution in [3.63, 3.8) is 0 Å². The lowest BCUT2D eigenvalue weighted by Gasteiger charge is -2.23. The molecule has 2 rings (SSSR count). The molecule has 0 heterocycles. The summed E-state index contributed by atoms with van der Waals surface area (Å²) in [5.74, 6) is 0.465. The van der Waals surface area contributed by atoms with Crippen LogP contribution < -0.4 is 10.5 Å². The van der Waals surface area contributed by atoms with Gasteiger partial charge in [0.1, 0.15) is 17.7 Å². The van der Waals surface area contributed by atoms with Gasteiger partial charge >= 0.3 is 0 Å². The van der Waals surface area contributed by atoms with Gasteiger partial charge < -0.3 is 10.5 Å². The topological polar surface area (TPSA) is 35.2 Å². The Kier molecular flexibility index (Phi) is 4.74. The quantitative estimate of drug-likeness (QED) is 0.898. The first-order valence-electron chi connectivity index (χ1n) is 6.86. The molecule has 0 aromatic heterocycles. The van der Waals surface area contributed by atoms with E-state index in [1.165, 1.54) is 17.7 Å². The maximum absolute atomic E-state index is 13.3. The van der Waals surface area contributed by atoms with Crippen molar-refractivity contribution in [3.8, 4) is 5.75 Å². The van der Waals surface area contributed by atoms with Crippen molar-refractivity contribution < 1.29 is 9.13 Å². The lowest BCUT2D eigenvalue weighted by Crippen LogP contribution is -2.29. The van der Waals surface area contributed by atoms with E-state index in [1.54, 1.807) is 6.07 Å². The van der Waals surface area contributed by atoms with Gasteiger partial charge in [-0.25, -0.2) is 4.39 Å². The minimum atomic E-state index is -0.363. The van der Waals surface area contributed by atoms with Crippen molar-refractivity contribution in [2.75, 3.05) is 0 Å². The van der Waals surface area contributed by atoms with E-state index in [9.17, 15) is 4.39 Å². The molecule has 0 radical (unpaired) electrons. The highest BCUT2D eigenvalue weighted by Crippen LogP contribution is 2.25. The molecule has 0 aliphatic carbocycles. The van der Waals surface area contributed by atoms with Crippen LogP contribution in [0.1, 0.15) is 31.1 Å². The summed E-state index contributed by atoms with van der Waals surface area (Å²) in [6.45, 7) is 3.96. The fraction of sp³-hybridized carbons (Fsp3) is 0.294. The molecule has 2 aromatic rings. The van der Waals surface area contributed by atoms with Crippen LogP contribution in [0.3, 0.4) is 0 Å². The molecule has 2 N–H and O–H groups in total. The maximum Gasteiger partial charge on any atom is 0.139 e. The molecule has 0 bridgehead atoms. The molecule has 0 saturated carbocycles. The van der Waals surface area contributed by atoms with Crippen LogP contribution in [0.15, 0.2) is 48.5 Å². The second-order valence-electron chi connectivity index (χ2n) is 4.95. The van der Waals surface area contributed by atoms with Crippen LogP contribution in [-0.4, -0.2) is 6.04 Å². The van der Waals surface area contributed by atoms with Crippen molar-refractivity contribution in [2.24, 2.45) is 5.73 Å². The Labute approximate surface area is 119 Å². The fourth-order valence-electron chi connectivity index (χ4n) is 2.11. The third-order valence-electron chi connectivity index (χ3n) is 3.25. The van der Waals surface area contributed by atoms with Gasteiger partial charge in [0.15, 0.2) is 0 Å². The van der Waals surface area contributed by atoms with E-state index >= 15 is 0 Å². The minimum absolute atomic E-state index is 0.234. The number of aryl methyl sites for hydroxylation is 1. The smallest absolute Gasteiger partial charge is 0.139 e. The van der Waals surface area contributed by atoms with E-state index in [2.05, 4.69) is 6.92 Å². The van der Waals surface area contributed by atoms with E-state index in [0.29, 0.717) is 0 Å². The monoisotopic (exact) mass is 273 g/mol. The van der Waals surface area contributed by atoms with Gasteiger partial charge in [0.05, 0.1) is 0 Å². The molecule has 20 heavy (non-hydrogen) atoms. The van der Waals surface area contributed by atoms with Crippen LogP contribution in [0.2, 0.25) is 0 Å². The van der Waals surface area contributed by atoms with E-state index < -0.39 is 0 Å². The summed E-state index contributed by atoms with van der Waals surface area (Å²) < 4.78 is 19.3. The molecular formula is C17H20FNO. The third-order valence-corrected chi connectivity index (χ3v) is 3.25. The summed E-state index contributed by atoms with van der Waals surface area (Å²) in [5.41, 5.74) is 7.98. The van der Waals surface area contributed by atoms with E-state index in [1.807, 2.05) is 37.3 Å². The Hall–Kier alpha value is -1.87. The van der Waals surface area contributed by atoms with Gasteiger partial charge in [-0.3, -0.25) is 0 Å². The average Bonchev–Trinajstić information content (AvgIpc) is 2.45. The van der Waals surface area contributed by atoms with Crippen LogP contribution in [0.25, 0.3) is 0 Å². The number of rotatable bonds is 5. The number of ether oxygens (including phenoxy) is 1. The number of halogens is 1. The Morgan fingerprint density at radius 1 is 1.15 bits per heavy atom. The minimum Gasteiger partial charge on any atom is -0.484 e. The summed E-state index contributed by atoms with van der Waals surface area (Å²) in [5, 5.41) is 0. The molecule has 0 amide bonds. The molecule has 106 valence electrons. The van der Waals surface area contributed by atoms with Gasteiger partial charge in [-0.1, -0.05) is 31.2 Å². The summed E-state index contributed by atoms with van der Waals surface area (Å²) in [4.78, 5) is 0. The zero-order valence-electron chi connectivity index (χ0n) is 11.8. The van der Waals surface area contributed by atoms with Crippen molar-refractivity contribution in [1.82, 2.24) is 0 Å². The third kappa shape index (κ3) is 3.58. The standard InChI is InChI=1S/C17H20FNO/c1-3-13-7-9-16(10-8-13)20-17(12(2)19)14-5-4-6-15(18)11-14/h4-12,17H,3,19H2,1-2H3. The summed E-state index contributed by atoms with van der Waals surface area (Å²) in [6, 6.07) is 14.1. The van der Waals surface area contributed by atoms with Gasteiger partial charge in [0.2, 0.25) is 0 Å². The molecule has 2 nitrogen and oxygen atoms in total. The van der Waals surface area contributed by atoms with Gasteiger partial charge in [0, 0.05) is 6.04 Å². The van der Waals surface area contributed by atoms with Crippen LogP contribution in [0, 0.1) is 5.82 Å². The molecule has 2 aromatic carbocycles. The Balaban J connectivity index is 2.21. The Morgan fingerprint density at radius 2 is 1.85 bits per heavy atom. The maximum atomic E-state index is 13.3. The fourth-order valence-corrected chi connectivity index (χ4v) is 2.11. The Morgan fingerprint density at radius 3 is 2.40 bits per heavy atom. The highest BCUT2D eigenvalue weighted by atomic mass is 19.1. The SMILES string of the molecule is CCc1ccc(OC(c2cccc(F)c2)C(C)N)cc1. The highest BCUT2D eigenvalue weighted by molar-refractivity contribution is 5.29. The largest absolute Gasteiger partial charge is 0.484 e. The van der Waals surface area contributed by atoms with Crippen LogP contribution in [-0.2, 0) is 6.42 Å². The van der Waals surface area contributed by atoms with Crippen molar-refractivity contribution in [3.05, 3.63) is 65.5 Å². The van der Waals surface area contributed by atoms with Crippen LogP contribution in [0.4, 0.5) is 4.39 Å². The van der Waals surface area contributed by atoms with Crippen molar-refractivity contribution in [1.29, 1.82) is 0 Å². The summed E-state index contributed by atoms with van der Waals surface area (Å²) >= 11 is 0. The van der Waals surface area contributed by atoms with Gasteiger partial charge in [-0.2, -0.15) is 0 Å². The molecule has 2 atom stereocenters. The number of benzene rings is 2. The van der Waals surface area contributed by atoms with Gasteiger partial charge in [0.25, 0.3) is 0 Å².